The van der Waals surface area contributed by atoms with E-state index >= 15 is 0 Å². The Kier molecular flexibility index (Phi) is 37.0. The first kappa shape index (κ1) is 83.9. The van der Waals surface area contributed by atoms with Crippen molar-refractivity contribution in [3.05, 3.63) is 59.7 Å². The third-order valence-electron chi connectivity index (χ3n) is 16.7. The zero-order valence-electron chi connectivity index (χ0n) is 56.0. The summed E-state index contributed by atoms with van der Waals surface area (Å²) >= 11 is 8.03. The first-order valence-electron chi connectivity index (χ1n) is 32.8. The molecule has 98 heavy (non-hydrogen) atoms. The van der Waals surface area contributed by atoms with E-state index in [0.29, 0.717) is 43.2 Å². The quantitative estimate of drug-likeness (QED) is 0.0236. The second kappa shape index (κ2) is 43.2. The number of aromatic hydroxyl groups is 2. The molecule has 546 valence electrons. The number of phenols is 2. The minimum absolute atomic E-state index is 0.00914. The molecule has 32 nitrogen and oxygen atoms in total. The van der Waals surface area contributed by atoms with Gasteiger partial charge in [0.15, 0.2) is 0 Å². The molecule has 14 atom stereocenters. The number of amides is 11. The van der Waals surface area contributed by atoms with Crippen molar-refractivity contribution in [3.8, 4) is 11.5 Å². The summed E-state index contributed by atoms with van der Waals surface area (Å²) in [5.41, 5.74) is 18.5. The number of carboxylic acid groups (broad SMARTS) is 2. The number of carboxylic acids is 2. The number of rotatable bonds is 44. The molecular formula is C64H100N14O18S2. The van der Waals surface area contributed by atoms with E-state index in [1.807, 2.05) is 0 Å². The Balaban J connectivity index is 1.84. The fraction of sp³-hybridized carbons (Fsp3) is 0.609. The first-order chi connectivity index (χ1) is 46.4. The maximum absolute atomic E-state index is 14.5. The van der Waals surface area contributed by atoms with Crippen LogP contribution in [0.5, 0.6) is 11.5 Å². The average Bonchev–Trinajstić information content (AvgIpc) is 1.58. The van der Waals surface area contributed by atoms with Gasteiger partial charge in [-0.1, -0.05) is 64.8 Å². The summed E-state index contributed by atoms with van der Waals surface area (Å²) in [6.07, 6.45) is -0.661. The number of aliphatic hydroxyl groups excluding tert-OH is 1. The topological polar surface area (TPSA) is 525 Å². The van der Waals surface area contributed by atoms with Crippen molar-refractivity contribution in [2.24, 2.45) is 29.0 Å². The lowest BCUT2D eigenvalue weighted by Crippen LogP contribution is -2.61. The molecule has 1 saturated heterocycles. The van der Waals surface area contributed by atoms with Crippen LogP contribution in [0.1, 0.15) is 123 Å². The van der Waals surface area contributed by atoms with Crippen molar-refractivity contribution in [1.82, 2.24) is 58.1 Å². The SMILES string of the molecule is CC[C@H](C)[C@H](NC(=O)[C@H](Cc1ccc(O)cc1)NC(=O)[C@H](Cc1ccc(O)cc1)NC(=O)[C@@H](N)CS)C(=O)NCC(=O)N[C@@H](CCCCN)C(=O)N[C@H](C(=O)N1CCC[C@H]1C(=O)N[C@@H](CCCCN)C(=O)N[C@H](C(=O)N[C@@H](CCC(=O)O)C(=O)N[C@@H](CS)C(=O)O)[C@@H](C)CC)[C@@H](C)O. The van der Waals surface area contributed by atoms with Gasteiger partial charge < -0.3 is 101 Å². The molecule has 2 aromatic rings. The Labute approximate surface area is 580 Å². The lowest BCUT2D eigenvalue weighted by Gasteiger charge is -2.32. The van der Waals surface area contributed by atoms with Gasteiger partial charge in [0.05, 0.1) is 18.7 Å². The van der Waals surface area contributed by atoms with Gasteiger partial charge in [0, 0.05) is 37.3 Å². The van der Waals surface area contributed by atoms with Crippen LogP contribution >= 0.6 is 25.3 Å². The van der Waals surface area contributed by atoms with Crippen LogP contribution in [0.15, 0.2) is 48.5 Å². The number of unbranched alkanes of at least 4 members (excludes halogenated alkanes) is 2. The predicted molar refractivity (Wildman–Crippen MR) is 365 cm³/mol. The van der Waals surface area contributed by atoms with Gasteiger partial charge in [-0.05, 0) is 125 Å². The summed E-state index contributed by atoms with van der Waals surface area (Å²) in [4.78, 5) is 178. The minimum Gasteiger partial charge on any atom is -0.508 e. The molecule has 0 bridgehead atoms. The molecule has 21 N–H and O–H groups in total. The largest absolute Gasteiger partial charge is 0.508 e. The van der Waals surface area contributed by atoms with Gasteiger partial charge in [0.2, 0.25) is 65.0 Å². The van der Waals surface area contributed by atoms with E-state index in [1.165, 1.54) is 55.5 Å². The van der Waals surface area contributed by atoms with Crippen LogP contribution in [-0.4, -0.2) is 218 Å². The third kappa shape index (κ3) is 27.9. The van der Waals surface area contributed by atoms with Crippen molar-refractivity contribution < 1.29 is 87.9 Å². The summed E-state index contributed by atoms with van der Waals surface area (Å²) in [7, 11) is 0. The molecular weight excluding hydrogens is 1320 g/mol. The van der Waals surface area contributed by atoms with Gasteiger partial charge >= 0.3 is 11.9 Å². The lowest BCUT2D eigenvalue weighted by atomic mass is 9.96. The molecule has 1 aliphatic heterocycles. The van der Waals surface area contributed by atoms with E-state index in [4.69, 9.17) is 17.2 Å². The molecule has 0 spiro atoms. The van der Waals surface area contributed by atoms with Crippen LogP contribution in [0, 0.1) is 11.8 Å². The van der Waals surface area contributed by atoms with Crippen molar-refractivity contribution in [3.63, 3.8) is 0 Å². The number of carbonyl (C=O) groups is 13. The Morgan fingerprint density at radius 3 is 1.42 bits per heavy atom. The van der Waals surface area contributed by atoms with Gasteiger partial charge in [0.25, 0.3) is 0 Å². The fourth-order valence-electron chi connectivity index (χ4n) is 10.4. The number of nitrogens with one attached hydrogen (secondary N) is 10. The van der Waals surface area contributed by atoms with E-state index in [-0.39, 0.29) is 87.6 Å². The van der Waals surface area contributed by atoms with Crippen LogP contribution in [0.3, 0.4) is 0 Å². The third-order valence-corrected chi connectivity index (χ3v) is 17.5. The highest BCUT2D eigenvalue weighted by Gasteiger charge is 2.42. The maximum Gasteiger partial charge on any atom is 0.327 e. The Hall–Kier alpha value is -8.31. The zero-order chi connectivity index (χ0) is 73.3. The molecule has 11 amide bonds. The highest BCUT2D eigenvalue weighted by molar-refractivity contribution is 7.80. The maximum atomic E-state index is 14.5. The molecule has 3 rings (SSSR count). The smallest absolute Gasteiger partial charge is 0.327 e. The van der Waals surface area contributed by atoms with Crippen LogP contribution < -0.4 is 70.4 Å². The Bertz CT molecular complexity index is 3010. The summed E-state index contributed by atoms with van der Waals surface area (Å²) in [6.45, 7) is 7.58. The summed E-state index contributed by atoms with van der Waals surface area (Å²) < 4.78 is 0. The molecule has 0 aromatic heterocycles. The van der Waals surface area contributed by atoms with Crippen LogP contribution in [0.25, 0.3) is 0 Å². The van der Waals surface area contributed by atoms with E-state index in [2.05, 4.69) is 78.4 Å². The van der Waals surface area contributed by atoms with Gasteiger partial charge in [-0.2, -0.15) is 25.3 Å². The number of hydrogen-bond acceptors (Lipinski definition) is 21. The van der Waals surface area contributed by atoms with Crippen molar-refractivity contribution in [2.75, 3.05) is 37.7 Å². The fourth-order valence-corrected chi connectivity index (χ4v) is 10.8. The molecule has 1 heterocycles. The number of nitrogens with zero attached hydrogens (tertiary/aromatic N) is 1. The van der Waals surface area contributed by atoms with Gasteiger partial charge in [-0.15, -0.1) is 0 Å². The van der Waals surface area contributed by atoms with Gasteiger partial charge in [-0.25, -0.2) is 4.79 Å². The number of phenolic OH excluding ortho intramolecular Hbond substituents is 2. The number of hydrogen-bond donors (Lipinski definition) is 20. The second-order valence-corrected chi connectivity index (χ2v) is 25.1. The van der Waals surface area contributed by atoms with Crippen molar-refractivity contribution >= 4 is 102 Å². The van der Waals surface area contributed by atoms with Crippen molar-refractivity contribution in [2.45, 2.75) is 197 Å². The van der Waals surface area contributed by atoms with Crippen LogP contribution in [0.2, 0.25) is 0 Å². The monoisotopic (exact) mass is 1420 g/mol. The molecule has 0 radical (unpaired) electrons. The van der Waals surface area contributed by atoms with E-state index in [0.717, 1.165) is 4.90 Å². The number of thiol groups is 2. The highest BCUT2D eigenvalue weighted by atomic mass is 32.1. The van der Waals surface area contributed by atoms with Crippen LogP contribution in [-0.2, 0) is 75.2 Å². The number of aliphatic hydroxyl groups is 1. The number of nitrogens with two attached hydrogens (primary N) is 3. The molecule has 2 aromatic carbocycles. The molecule has 0 unspecified atom stereocenters. The summed E-state index contributed by atoms with van der Waals surface area (Å²) in [5.74, 6) is -14.0. The highest BCUT2D eigenvalue weighted by Crippen LogP contribution is 2.22. The van der Waals surface area contributed by atoms with E-state index in [1.54, 1.807) is 27.7 Å². The minimum atomic E-state index is -1.71. The number of likely N-dealkylation sites (tertiary alicyclic amines) is 1. The molecule has 0 aliphatic carbocycles. The van der Waals surface area contributed by atoms with Gasteiger partial charge in [-0.3, -0.25) is 57.5 Å². The lowest BCUT2D eigenvalue weighted by molar-refractivity contribution is -0.144. The second-order valence-electron chi connectivity index (χ2n) is 24.4. The summed E-state index contributed by atoms with van der Waals surface area (Å²) in [5, 5.41) is 75.4. The zero-order valence-corrected chi connectivity index (χ0v) is 57.7. The average molecular weight is 1420 g/mol. The normalized spacial score (nSPS) is 16.7. The van der Waals surface area contributed by atoms with E-state index < -0.39 is 181 Å². The standard InChI is InChI=1S/C64H100N14O18S2/c1-6-34(3)51(75-59(90)46(30-38-18-22-40(81)23-19-38)73-58(89)45(72-54(85)41(67)32-97)29-37-16-20-39(80)21-17-37)61(92)68-31-49(82)69-42(13-8-10-26-65)56(87)77-53(36(5)79)63(94)78-28-12-15-48(78)60(91)70-43(14-9-11-27-66)57(88)76-52(35(4)7-2)62(93)71-44(24-25-50(83)84)55(86)74-47(33-98)64(95)96/h16-23,34-36,41-48,51-53,79-81,97-98H,6-15,24-33,65-67H2,1-5H3,(H,68,92)(H,69,82)(H,70,91)(H,71,93)(H,72,85)(H,73,89)(H,74,86)(H,75,90)(H,76,88)(H,77,87)(H,83,84)(H,95,96)/t34-,35-,36+,41-,42-,43-,44-,45-,46-,47-,48-,51-,52-,53-/m0/s1. The molecule has 1 aliphatic rings. The number of benzene rings is 2. The summed E-state index contributed by atoms with van der Waals surface area (Å²) in [6, 6.07) is -3.69. The predicted octanol–water partition coefficient (Wildman–Crippen LogP) is -2.78. The number of carbonyl (C=O) groups excluding carboxylic acids is 11. The van der Waals surface area contributed by atoms with Crippen molar-refractivity contribution in [1.29, 1.82) is 0 Å². The van der Waals surface area contributed by atoms with E-state index in [9.17, 15) is 87.9 Å². The molecule has 1 fully saturated rings. The van der Waals surface area contributed by atoms with Gasteiger partial charge in [0.1, 0.15) is 71.9 Å². The Morgan fingerprint density at radius 1 is 0.531 bits per heavy atom. The number of aliphatic carboxylic acids is 2. The molecule has 34 heteroatoms. The first-order valence-corrected chi connectivity index (χ1v) is 34.1. The Morgan fingerprint density at radius 2 is 0.959 bits per heavy atom. The van der Waals surface area contributed by atoms with Crippen LogP contribution in [0.4, 0.5) is 0 Å². The molecule has 0 saturated carbocycles.